The van der Waals surface area contributed by atoms with Gasteiger partial charge in [0.1, 0.15) is 11.5 Å². The summed E-state index contributed by atoms with van der Waals surface area (Å²) in [5.41, 5.74) is 1.62. The van der Waals surface area contributed by atoms with E-state index >= 15 is 0 Å². The third-order valence-electron chi connectivity index (χ3n) is 4.02. The second-order valence-electron chi connectivity index (χ2n) is 5.49. The summed E-state index contributed by atoms with van der Waals surface area (Å²) >= 11 is 0. The van der Waals surface area contributed by atoms with Crippen LogP contribution in [0.25, 0.3) is 22.2 Å². The van der Waals surface area contributed by atoms with Gasteiger partial charge >= 0.3 is 5.69 Å². The van der Waals surface area contributed by atoms with Crippen molar-refractivity contribution in [2.45, 2.75) is 6.42 Å². The zero-order valence-corrected chi connectivity index (χ0v) is 12.6. The molecule has 0 fully saturated rings. The molecule has 0 unspecified atom stereocenters. The highest BCUT2D eigenvalue weighted by atomic mass is 16.2. The predicted molar refractivity (Wildman–Crippen MR) is 85.5 cm³/mol. The van der Waals surface area contributed by atoms with Gasteiger partial charge in [-0.05, 0) is 18.2 Å². The SMILES string of the molecule is Cn1c(Cc2cc3cccnc3[nH]2)nc2c1c(=O)[nH]c(=O)n2C. The number of fused-ring (bicyclic) bond motifs is 2. The average Bonchev–Trinajstić information content (AvgIpc) is 3.07. The van der Waals surface area contributed by atoms with E-state index in [-0.39, 0.29) is 0 Å². The topological polar surface area (TPSA) is 101 Å². The standard InChI is InChI=1S/C15H14N6O2/c1-20-10(7-9-6-8-4-3-5-16-12(8)17-9)18-13-11(20)14(22)19-15(23)21(13)2/h3-6H,7H2,1-2H3,(H,16,17)(H,19,22,23). The van der Waals surface area contributed by atoms with Crippen molar-refractivity contribution in [3.8, 4) is 0 Å². The van der Waals surface area contributed by atoms with Crippen molar-refractivity contribution in [2.75, 3.05) is 0 Å². The molecule has 116 valence electrons. The van der Waals surface area contributed by atoms with E-state index in [1.807, 2.05) is 18.2 Å². The van der Waals surface area contributed by atoms with Crippen LogP contribution in [0.15, 0.2) is 34.0 Å². The lowest BCUT2D eigenvalue weighted by molar-refractivity contribution is 0.828. The van der Waals surface area contributed by atoms with Crippen molar-refractivity contribution in [3.05, 3.63) is 56.8 Å². The molecule has 4 aromatic heterocycles. The third kappa shape index (κ3) is 1.99. The molecule has 0 aliphatic heterocycles. The van der Waals surface area contributed by atoms with Crippen molar-refractivity contribution in [1.82, 2.24) is 29.1 Å². The van der Waals surface area contributed by atoms with Crippen molar-refractivity contribution in [3.63, 3.8) is 0 Å². The second kappa shape index (κ2) is 4.67. The molecule has 0 amide bonds. The van der Waals surface area contributed by atoms with Crippen LogP contribution in [0.3, 0.4) is 0 Å². The van der Waals surface area contributed by atoms with Gasteiger partial charge in [-0.15, -0.1) is 0 Å². The zero-order chi connectivity index (χ0) is 16.1. The molecular weight excluding hydrogens is 296 g/mol. The first-order valence-electron chi connectivity index (χ1n) is 7.12. The van der Waals surface area contributed by atoms with Crippen molar-refractivity contribution in [1.29, 1.82) is 0 Å². The molecule has 4 heterocycles. The molecule has 0 aliphatic carbocycles. The molecule has 0 aliphatic rings. The van der Waals surface area contributed by atoms with E-state index < -0.39 is 11.2 Å². The maximum Gasteiger partial charge on any atom is 0.329 e. The summed E-state index contributed by atoms with van der Waals surface area (Å²) in [5, 5.41) is 1.02. The number of aromatic amines is 2. The van der Waals surface area contributed by atoms with Crippen LogP contribution in [0, 0.1) is 0 Å². The first-order valence-corrected chi connectivity index (χ1v) is 7.12. The lowest BCUT2D eigenvalue weighted by atomic mass is 10.2. The first kappa shape index (κ1) is 13.5. The maximum atomic E-state index is 12.0. The van der Waals surface area contributed by atoms with Gasteiger partial charge < -0.3 is 9.55 Å². The van der Waals surface area contributed by atoms with Gasteiger partial charge in [0, 0.05) is 37.8 Å². The van der Waals surface area contributed by atoms with Gasteiger partial charge in [-0.3, -0.25) is 14.3 Å². The van der Waals surface area contributed by atoms with Crippen LogP contribution in [0.2, 0.25) is 0 Å². The Bertz CT molecular complexity index is 1130. The van der Waals surface area contributed by atoms with Gasteiger partial charge in [-0.25, -0.2) is 14.8 Å². The largest absolute Gasteiger partial charge is 0.343 e. The number of H-pyrrole nitrogens is 2. The maximum absolute atomic E-state index is 12.0. The van der Waals surface area contributed by atoms with E-state index in [0.29, 0.717) is 23.4 Å². The fourth-order valence-electron chi connectivity index (χ4n) is 2.79. The van der Waals surface area contributed by atoms with Crippen molar-refractivity contribution in [2.24, 2.45) is 14.1 Å². The second-order valence-corrected chi connectivity index (χ2v) is 5.49. The molecule has 0 bridgehead atoms. The predicted octanol–water partition coefficient (Wildman–Crippen LogP) is 0.427. The number of hydrogen-bond donors (Lipinski definition) is 2. The monoisotopic (exact) mass is 310 g/mol. The summed E-state index contributed by atoms with van der Waals surface area (Å²) in [4.78, 5) is 38.0. The molecule has 23 heavy (non-hydrogen) atoms. The molecule has 8 nitrogen and oxygen atoms in total. The number of nitrogens with zero attached hydrogens (tertiary/aromatic N) is 4. The fourth-order valence-corrected chi connectivity index (χ4v) is 2.79. The van der Waals surface area contributed by atoms with Crippen LogP contribution in [-0.2, 0) is 20.5 Å². The van der Waals surface area contributed by atoms with Crippen LogP contribution in [0.1, 0.15) is 11.5 Å². The number of nitrogens with one attached hydrogen (secondary N) is 2. The molecule has 4 rings (SSSR count). The van der Waals surface area contributed by atoms with Crippen LogP contribution in [0.4, 0.5) is 0 Å². The Labute approximate surface area is 129 Å². The summed E-state index contributed by atoms with van der Waals surface area (Å²) in [7, 11) is 3.36. The molecule has 2 N–H and O–H groups in total. The van der Waals surface area contributed by atoms with E-state index in [2.05, 4.69) is 19.9 Å². The minimum Gasteiger partial charge on any atom is -0.343 e. The average molecular weight is 310 g/mol. The minimum atomic E-state index is -0.470. The Hall–Kier alpha value is -3.16. The van der Waals surface area contributed by atoms with Crippen LogP contribution in [0.5, 0.6) is 0 Å². The summed E-state index contributed by atoms with van der Waals surface area (Å²) in [6.07, 6.45) is 2.24. The van der Waals surface area contributed by atoms with Crippen LogP contribution < -0.4 is 11.2 Å². The van der Waals surface area contributed by atoms with E-state index in [9.17, 15) is 9.59 Å². The molecule has 0 atom stereocenters. The van der Waals surface area contributed by atoms with E-state index in [0.717, 1.165) is 16.7 Å². The van der Waals surface area contributed by atoms with Crippen molar-refractivity contribution >= 4 is 22.2 Å². The molecule has 4 aromatic rings. The quantitative estimate of drug-likeness (QED) is 0.560. The Kier molecular flexibility index (Phi) is 2.74. The molecule has 8 heteroatoms. The van der Waals surface area contributed by atoms with Crippen LogP contribution >= 0.6 is 0 Å². The highest BCUT2D eigenvalue weighted by Crippen LogP contribution is 2.16. The Morgan fingerprint density at radius 2 is 2.00 bits per heavy atom. The van der Waals surface area contributed by atoms with Gasteiger partial charge in [-0.1, -0.05) is 0 Å². The number of pyridine rings is 1. The molecule has 0 radical (unpaired) electrons. The Balaban J connectivity index is 1.87. The minimum absolute atomic E-state index is 0.380. The number of aromatic nitrogens is 6. The van der Waals surface area contributed by atoms with Gasteiger partial charge in [0.2, 0.25) is 0 Å². The van der Waals surface area contributed by atoms with Crippen LogP contribution in [-0.4, -0.2) is 29.1 Å². The Morgan fingerprint density at radius 1 is 1.17 bits per heavy atom. The first-order chi connectivity index (χ1) is 11.0. The third-order valence-corrected chi connectivity index (χ3v) is 4.02. The molecular formula is C15H14N6O2. The lowest BCUT2D eigenvalue weighted by Gasteiger charge is -2.00. The van der Waals surface area contributed by atoms with Gasteiger partial charge in [0.05, 0.1) is 0 Å². The normalized spacial score (nSPS) is 11.6. The van der Waals surface area contributed by atoms with E-state index in [1.54, 1.807) is 24.9 Å². The molecule has 0 saturated heterocycles. The summed E-state index contributed by atoms with van der Waals surface area (Å²) in [6.45, 7) is 0. The summed E-state index contributed by atoms with van der Waals surface area (Å²) in [5.74, 6) is 0.693. The number of rotatable bonds is 2. The number of hydrogen-bond acceptors (Lipinski definition) is 4. The van der Waals surface area contributed by atoms with Gasteiger partial charge in [0.25, 0.3) is 5.56 Å². The Morgan fingerprint density at radius 3 is 2.78 bits per heavy atom. The summed E-state index contributed by atoms with van der Waals surface area (Å²) < 4.78 is 3.06. The molecule has 0 aromatic carbocycles. The highest BCUT2D eigenvalue weighted by Gasteiger charge is 2.15. The molecule has 0 spiro atoms. The van der Waals surface area contributed by atoms with Gasteiger partial charge in [0.15, 0.2) is 11.2 Å². The highest BCUT2D eigenvalue weighted by molar-refractivity contribution is 5.76. The summed E-state index contributed by atoms with van der Waals surface area (Å²) in [6, 6.07) is 5.86. The van der Waals surface area contributed by atoms with Gasteiger partial charge in [-0.2, -0.15) is 0 Å². The van der Waals surface area contributed by atoms with E-state index in [1.165, 1.54) is 4.57 Å². The number of imidazole rings is 1. The smallest absolute Gasteiger partial charge is 0.329 e. The lowest BCUT2D eigenvalue weighted by Crippen LogP contribution is -2.29. The fraction of sp³-hybridized carbons (Fsp3) is 0.200. The number of aryl methyl sites for hydroxylation is 2. The zero-order valence-electron chi connectivity index (χ0n) is 12.6. The van der Waals surface area contributed by atoms with Crippen molar-refractivity contribution < 1.29 is 0 Å². The van der Waals surface area contributed by atoms with E-state index in [4.69, 9.17) is 0 Å². The molecule has 0 saturated carbocycles.